The molecule has 0 fully saturated rings. The zero-order valence-corrected chi connectivity index (χ0v) is 10.6. The summed E-state index contributed by atoms with van der Waals surface area (Å²) in [4.78, 5) is 15.3. The van der Waals surface area contributed by atoms with Crippen molar-refractivity contribution in [3.8, 4) is 0 Å². The van der Waals surface area contributed by atoms with Gasteiger partial charge in [0, 0.05) is 18.0 Å². The smallest absolute Gasteiger partial charge is 0.281 e. The van der Waals surface area contributed by atoms with E-state index in [4.69, 9.17) is 12.2 Å². The van der Waals surface area contributed by atoms with Gasteiger partial charge < -0.3 is 0 Å². The highest BCUT2D eigenvalue weighted by molar-refractivity contribution is 7.73. The fraction of sp³-hybridized carbons (Fsp3) is 0. The molecule has 2 amide bonds. The van der Waals surface area contributed by atoms with Gasteiger partial charge in [-0.1, -0.05) is 17.4 Å². The summed E-state index contributed by atoms with van der Waals surface area (Å²) in [6.45, 7) is 0. The molecule has 0 saturated heterocycles. The van der Waals surface area contributed by atoms with E-state index in [1.54, 1.807) is 18.5 Å². The van der Waals surface area contributed by atoms with Gasteiger partial charge in [0.25, 0.3) is 0 Å². The molecular weight excluding hydrogens is 272 g/mol. The zero-order chi connectivity index (χ0) is 12.8. The summed E-state index contributed by atoms with van der Waals surface area (Å²) in [5.41, 5.74) is 3.08. The average molecular weight is 280 g/mol. The van der Waals surface area contributed by atoms with Gasteiger partial charge in [-0.15, -0.1) is 5.10 Å². The molecule has 3 N–H and O–H groups in total. The van der Waals surface area contributed by atoms with Crippen LogP contribution in [0.5, 0.6) is 0 Å². The molecule has 2 heterocycles. The van der Waals surface area contributed by atoms with Crippen LogP contribution in [0.2, 0.25) is 0 Å². The lowest BCUT2D eigenvalue weighted by Gasteiger charge is -1.98. The van der Waals surface area contributed by atoms with Crippen molar-refractivity contribution in [3.05, 3.63) is 34.0 Å². The molecule has 2 rings (SSSR count). The molecule has 7 nitrogen and oxygen atoms in total. The summed E-state index contributed by atoms with van der Waals surface area (Å²) in [5.74, 6) is 0. The van der Waals surface area contributed by atoms with E-state index in [2.05, 4.69) is 31.0 Å². The fourth-order valence-electron chi connectivity index (χ4n) is 1.03. The predicted octanol–water partition coefficient (Wildman–Crippen LogP) is 1.75. The van der Waals surface area contributed by atoms with Crippen LogP contribution in [0.15, 0.2) is 29.6 Å². The molecule has 2 aromatic rings. The van der Waals surface area contributed by atoms with Gasteiger partial charge >= 0.3 is 6.03 Å². The van der Waals surface area contributed by atoms with Crippen molar-refractivity contribution >= 4 is 40.9 Å². The number of aromatic amines is 1. The van der Waals surface area contributed by atoms with E-state index < -0.39 is 6.03 Å². The molecule has 0 radical (unpaired) electrons. The number of amides is 2. The summed E-state index contributed by atoms with van der Waals surface area (Å²) in [6, 6.07) is 3.10. The predicted molar refractivity (Wildman–Crippen MR) is 71.3 cm³/mol. The number of rotatable bonds is 3. The molecular formula is C9H8N6OS2. The molecule has 0 aromatic carbocycles. The van der Waals surface area contributed by atoms with Gasteiger partial charge in [0.1, 0.15) is 0 Å². The second kappa shape index (κ2) is 5.98. The molecule has 0 bridgehead atoms. The van der Waals surface area contributed by atoms with Crippen molar-refractivity contribution in [2.45, 2.75) is 0 Å². The minimum atomic E-state index is -0.493. The second-order valence-electron chi connectivity index (χ2n) is 3.03. The Morgan fingerprint density at radius 2 is 2.50 bits per heavy atom. The van der Waals surface area contributed by atoms with Crippen molar-refractivity contribution in [1.29, 1.82) is 0 Å². The lowest BCUT2D eigenvalue weighted by atomic mass is 10.3. The van der Waals surface area contributed by atoms with E-state index >= 15 is 0 Å². The van der Waals surface area contributed by atoms with Gasteiger partial charge in [0.05, 0.1) is 6.21 Å². The highest BCUT2D eigenvalue weighted by Gasteiger charge is 2.02. The van der Waals surface area contributed by atoms with Crippen molar-refractivity contribution in [3.63, 3.8) is 0 Å². The second-order valence-corrected chi connectivity index (χ2v) is 4.69. The third kappa shape index (κ3) is 3.71. The Bertz CT molecular complexity index is 605. The number of aromatic nitrogens is 3. The van der Waals surface area contributed by atoms with Crippen LogP contribution in [0.25, 0.3) is 0 Å². The van der Waals surface area contributed by atoms with E-state index in [-0.39, 0.29) is 0 Å². The first-order chi connectivity index (χ1) is 8.74. The van der Waals surface area contributed by atoms with Crippen LogP contribution >= 0.6 is 23.6 Å². The molecule has 92 valence electrons. The highest BCUT2D eigenvalue weighted by atomic mass is 32.1. The first-order valence-corrected chi connectivity index (χ1v) is 6.02. The van der Waals surface area contributed by atoms with Crippen molar-refractivity contribution < 1.29 is 4.79 Å². The van der Waals surface area contributed by atoms with Crippen LogP contribution in [-0.4, -0.2) is 27.4 Å². The van der Waals surface area contributed by atoms with Gasteiger partial charge in [-0.3, -0.25) is 15.4 Å². The van der Waals surface area contributed by atoms with Gasteiger partial charge in [-0.2, -0.15) is 5.10 Å². The number of anilines is 1. The van der Waals surface area contributed by atoms with Crippen LogP contribution < -0.4 is 10.7 Å². The Kier molecular flexibility index (Phi) is 4.10. The number of urea groups is 1. The van der Waals surface area contributed by atoms with Crippen LogP contribution in [0.4, 0.5) is 9.93 Å². The standard InChI is InChI=1S/C9H8N6OS2/c16-7(12-8-14-15-9(17)18-8)13-11-5-6-2-1-3-10-4-6/h1-5H,(H,15,17)(H2,12,13,14,16)/b11-5+. The van der Waals surface area contributed by atoms with Gasteiger partial charge in [-0.05, 0) is 18.3 Å². The number of nitrogens with one attached hydrogen (secondary N) is 3. The Morgan fingerprint density at radius 1 is 1.61 bits per heavy atom. The van der Waals surface area contributed by atoms with E-state index in [0.29, 0.717) is 9.09 Å². The first kappa shape index (κ1) is 12.3. The number of pyridine rings is 1. The van der Waals surface area contributed by atoms with Crippen LogP contribution in [-0.2, 0) is 0 Å². The van der Waals surface area contributed by atoms with Crippen molar-refractivity contribution in [2.75, 3.05) is 5.32 Å². The van der Waals surface area contributed by atoms with E-state index in [0.717, 1.165) is 16.9 Å². The molecule has 0 aliphatic rings. The molecule has 0 aliphatic carbocycles. The summed E-state index contributed by atoms with van der Waals surface area (Å²) in [6.07, 6.45) is 4.77. The SMILES string of the molecule is O=C(N/N=C/c1cccnc1)Nc1n[nH]c(=S)s1. The molecule has 0 atom stereocenters. The molecule has 0 unspecified atom stereocenters. The number of hydrogen-bond acceptors (Lipinski definition) is 6. The maximum Gasteiger partial charge on any atom is 0.341 e. The number of hydrazone groups is 1. The summed E-state index contributed by atoms with van der Waals surface area (Å²) < 4.78 is 0.490. The minimum absolute atomic E-state index is 0.383. The van der Waals surface area contributed by atoms with Crippen LogP contribution in [0, 0.1) is 3.95 Å². The van der Waals surface area contributed by atoms with Crippen molar-refractivity contribution in [2.24, 2.45) is 5.10 Å². The number of nitrogens with zero attached hydrogens (tertiary/aromatic N) is 3. The third-order valence-corrected chi connectivity index (χ3v) is 2.73. The average Bonchev–Trinajstić information content (AvgIpc) is 2.76. The maximum absolute atomic E-state index is 11.4. The largest absolute Gasteiger partial charge is 0.341 e. The summed E-state index contributed by atoms with van der Waals surface area (Å²) in [5, 5.41) is 12.9. The zero-order valence-electron chi connectivity index (χ0n) is 8.95. The van der Waals surface area contributed by atoms with Crippen LogP contribution in [0.1, 0.15) is 5.56 Å². The third-order valence-electron chi connectivity index (χ3n) is 1.72. The maximum atomic E-state index is 11.4. The molecule has 2 aromatic heterocycles. The number of H-pyrrole nitrogens is 1. The fourth-order valence-corrected chi connectivity index (χ4v) is 1.81. The van der Waals surface area contributed by atoms with Gasteiger partial charge in [0.15, 0.2) is 3.95 Å². The topological polar surface area (TPSA) is 95.1 Å². The quantitative estimate of drug-likeness (QED) is 0.453. The summed E-state index contributed by atoms with van der Waals surface area (Å²) >= 11 is 5.99. The Balaban J connectivity index is 1.85. The minimum Gasteiger partial charge on any atom is -0.281 e. The molecule has 0 saturated carbocycles. The van der Waals surface area contributed by atoms with Gasteiger partial charge in [0.2, 0.25) is 5.13 Å². The van der Waals surface area contributed by atoms with E-state index in [1.165, 1.54) is 6.21 Å². The Morgan fingerprint density at radius 3 is 3.17 bits per heavy atom. The van der Waals surface area contributed by atoms with E-state index in [9.17, 15) is 4.79 Å². The molecule has 0 spiro atoms. The monoisotopic (exact) mass is 280 g/mol. The lowest BCUT2D eigenvalue weighted by Crippen LogP contribution is -2.24. The number of carbonyl (C=O) groups excluding carboxylic acids is 1. The normalized spacial score (nSPS) is 10.4. The van der Waals surface area contributed by atoms with Gasteiger partial charge in [-0.25, -0.2) is 10.2 Å². The van der Waals surface area contributed by atoms with E-state index in [1.807, 2.05) is 6.07 Å². The molecule has 18 heavy (non-hydrogen) atoms. The Labute approximate surface area is 111 Å². The number of carbonyl (C=O) groups is 1. The molecule has 0 aliphatic heterocycles. The lowest BCUT2D eigenvalue weighted by molar-refractivity contribution is 0.252. The van der Waals surface area contributed by atoms with Crippen molar-refractivity contribution in [1.82, 2.24) is 20.6 Å². The highest BCUT2D eigenvalue weighted by Crippen LogP contribution is 2.09. The molecule has 9 heteroatoms. The Hall–Kier alpha value is -2.13. The summed E-state index contributed by atoms with van der Waals surface area (Å²) in [7, 11) is 0. The van der Waals surface area contributed by atoms with Crippen LogP contribution in [0.3, 0.4) is 0 Å². The number of hydrogen-bond donors (Lipinski definition) is 3. The first-order valence-electron chi connectivity index (χ1n) is 4.79.